The summed E-state index contributed by atoms with van der Waals surface area (Å²) < 4.78 is 5.12. The monoisotopic (exact) mass is 456 g/mol. The van der Waals surface area contributed by atoms with Gasteiger partial charge in [0.05, 0.1) is 12.3 Å². The minimum atomic E-state index is -0.790. The van der Waals surface area contributed by atoms with Crippen molar-refractivity contribution in [3.05, 3.63) is 35.2 Å². The topological polar surface area (TPSA) is 118 Å². The summed E-state index contributed by atoms with van der Waals surface area (Å²) in [6.45, 7) is 1.93. The van der Waals surface area contributed by atoms with E-state index in [4.69, 9.17) is 4.74 Å². The number of anilines is 1. The van der Waals surface area contributed by atoms with Crippen LogP contribution in [0.4, 0.5) is 9.93 Å². The zero-order chi connectivity index (χ0) is 22.7. The number of hydrogen-bond acceptors (Lipinski definition) is 7. The standard InChI is InChI=1S/C22H24N4O5S/c1-2-31-18(28)17-16(14-8-4-3-5-9-14)24-20(32-17)23-15(27)10-13-26-19(29)22(25-21(26)30)11-6-7-12-22/h3-5,8-9H,2,6-7,10-13H2,1H3,(H,25,30)(H,23,24,27). The van der Waals surface area contributed by atoms with Gasteiger partial charge in [-0.15, -0.1) is 0 Å². The van der Waals surface area contributed by atoms with Gasteiger partial charge in [0, 0.05) is 18.5 Å². The van der Waals surface area contributed by atoms with E-state index >= 15 is 0 Å². The summed E-state index contributed by atoms with van der Waals surface area (Å²) in [5.41, 5.74) is 0.372. The van der Waals surface area contributed by atoms with Crippen LogP contribution in [0.3, 0.4) is 0 Å². The third kappa shape index (κ3) is 4.22. The van der Waals surface area contributed by atoms with Gasteiger partial charge in [0.25, 0.3) is 5.91 Å². The molecule has 0 unspecified atom stereocenters. The first kappa shape index (κ1) is 21.9. The predicted molar refractivity (Wildman–Crippen MR) is 118 cm³/mol. The first-order valence-corrected chi connectivity index (χ1v) is 11.4. The minimum absolute atomic E-state index is 0.0140. The van der Waals surface area contributed by atoms with Crippen molar-refractivity contribution in [3.63, 3.8) is 0 Å². The lowest BCUT2D eigenvalue weighted by Crippen LogP contribution is -2.44. The lowest BCUT2D eigenvalue weighted by molar-refractivity contribution is -0.131. The van der Waals surface area contributed by atoms with Crippen LogP contribution in [0.25, 0.3) is 11.3 Å². The van der Waals surface area contributed by atoms with Crippen molar-refractivity contribution in [3.8, 4) is 11.3 Å². The number of nitrogens with one attached hydrogen (secondary N) is 2. The van der Waals surface area contributed by atoms with E-state index < -0.39 is 23.4 Å². The molecule has 2 N–H and O–H groups in total. The van der Waals surface area contributed by atoms with Crippen LogP contribution in [-0.4, -0.2) is 52.4 Å². The summed E-state index contributed by atoms with van der Waals surface area (Å²) in [5, 5.41) is 5.73. The van der Waals surface area contributed by atoms with Crippen LogP contribution in [0, 0.1) is 0 Å². The highest BCUT2D eigenvalue weighted by molar-refractivity contribution is 7.18. The van der Waals surface area contributed by atoms with Crippen LogP contribution >= 0.6 is 11.3 Å². The molecule has 1 spiro atoms. The van der Waals surface area contributed by atoms with E-state index in [0.717, 1.165) is 34.6 Å². The van der Waals surface area contributed by atoms with Crippen molar-refractivity contribution < 1.29 is 23.9 Å². The van der Waals surface area contributed by atoms with Gasteiger partial charge < -0.3 is 15.4 Å². The van der Waals surface area contributed by atoms with E-state index in [1.54, 1.807) is 6.92 Å². The zero-order valence-corrected chi connectivity index (χ0v) is 18.5. The molecule has 1 aromatic heterocycles. The Hall–Kier alpha value is -3.27. The molecule has 4 rings (SSSR count). The van der Waals surface area contributed by atoms with Crippen molar-refractivity contribution in [1.29, 1.82) is 0 Å². The second kappa shape index (κ2) is 9.07. The largest absolute Gasteiger partial charge is 0.462 e. The molecule has 2 heterocycles. The van der Waals surface area contributed by atoms with Gasteiger partial charge in [0.15, 0.2) is 5.13 Å². The highest BCUT2D eigenvalue weighted by atomic mass is 32.1. The summed E-state index contributed by atoms with van der Waals surface area (Å²) >= 11 is 1.03. The maximum Gasteiger partial charge on any atom is 0.350 e. The van der Waals surface area contributed by atoms with Crippen LogP contribution in [-0.2, 0) is 14.3 Å². The number of ether oxygens (including phenoxy) is 1. The van der Waals surface area contributed by atoms with E-state index in [1.165, 1.54) is 0 Å². The molecule has 0 radical (unpaired) electrons. The fourth-order valence-electron chi connectivity index (χ4n) is 4.09. The van der Waals surface area contributed by atoms with E-state index in [9.17, 15) is 19.2 Å². The molecule has 9 nitrogen and oxygen atoms in total. The molecule has 1 aliphatic carbocycles. The van der Waals surface area contributed by atoms with Crippen molar-refractivity contribution in [2.24, 2.45) is 0 Å². The number of amides is 4. The first-order chi connectivity index (χ1) is 15.4. The Kier molecular flexibility index (Phi) is 6.22. The van der Waals surface area contributed by atoms with Gasteiger partial charge in [-0.2, -0.15) is 0 Å². The molecular formula is C22H24N4O5S. The van der Waals surface area contributed by atoms with Crippen molar-refractivity contribution in [2.75, 3.05) is 18.5 Å². The molecule has 1 saturated heterocycles. The molecule has 0 atom stereocenters. The minimum Gasteiger partial charge on any atom is -0.462 e. The second-order valence-electron chi connectivity index (χ2n) is 7.76. The molecule has 32 heavy (non-hydrogen) atoms. The van der Waals surface area contributed by atoms with Gasteiger partial charge in [-0.25, -0.2) is 14.6 Å². The van der Waals surface area contributed by atoms with Gasteiger partial charge in [0.1, 0.15) is 10.4 Å². The number of carbonyl (C=O) groups is 4. The van der Waals surface area contributed by atoms with Crippen LogP contribution in [0.2, 0.25) is 0 Å². The normalized spacial score (nSPS) is 17.0. The summed E-state index contributed by atoms with van der Waals surface area (Å²) in [6.07, 6.45) is 3.01. The number of thiazole rings is 1. The molecule has 4 amide bonds. The van der Waals surface area contributed by atoms with Crippen LogP contribution in [0.1, 0.15) is 48.7 Å². The second-order valence-corrected chi connectivity index (χ2v) is 8.76. The predicted octanol–water partition coefficient (Wildman–Crippen LogP) is 3.18. The van der Waals surface area contributed by atoms with Crippen LogP contribution in [0.15, 0.2) is 30.3 Å². The molecule has 2 aliphatic rings. The van der Waals surface area contributed by atoms with Crippen LogP contribution < -0.4 is 10.6 Å². The molecule has 10 heteroatoms. The number of aromatic nitrogens is 1. The SMILES string of the molecule is CCOC(=O)c1sc(NC(=O)CCN2C(=O)NC3(CCCC3)C2=O)nc1-c1ccccc1. The molecule has 2 fully saturated rings. The van der Waals surface area contributed by atoms with Crippen LogP contribution in [0.5, 0.6) is 0 Å². The molecule has 1 saturated carbocycles. The quantitative estimate of drug-likeness (QED) is 0.488. The molecule has 2 aromatic rings. The van der Waals surface area contributed by atoms with Gasteiger partial charge in [-0.05, 0) is 19.8 Å². The van der Waals surface area contributed by atoms with Gasteiger partial charge in [-0.1, -0.05) is 54.5 Å². The maximum atomic E-state index is 12.7. The number of imide groups is 1. The maximum absolute atomic E-state index is 12.7. The Labute approximate surface area is 189 Å². The number of hydrogen-bond donors (Lipinski definition) is 2. The molecule has 0 bridgehead atoms. The van der Waals surface area contributed by atoms with Gasteiger partial charge in [0.2, 0.25) is 5.91 Å². The number of benzene rings is 1. The average Bonchev–Trinajstić information content (AvgIpc) is 3.47. The molecule has 1 aliphatic heterocycles. The van der Waals surface area contributed by atoms with E-state index in [1.807, 2.05) is 30.3 Å². The first-order valence-electron chi connectivity index (χ1n) is 10.6. The molecule has 168 valence electrons. The zero-order valence-electron chi connectivity index (χ0n) is 17.7. The number of rotatable bonds is 7. The summed E-state index contributed by atoms with van der Waals surface area (Å²) in [7, 11) is 0. The van der Waals surface area contributed by atoms with Gasteiger partial charge >= 0.3 is 12.0 Å². The fourth-order valence-corrected chi connectivity index (χ4v) is 4.99. The Morgan fingerprint density at radius 3 is 2.62 bits per heavy atom. The van der Waals surface area contributed by atoms with E-state index in [-0.39, 0.29) is 30.6 Å². The summed E-state index contributed by atoms with van der Waals surface area (Å²) in [5.74, 6) is -1.16. The van der Waals surface area contributed by atoms with Crippen molar-refractivity contribution in [1.82, 2.24) is 15.2 Å². The van der Waals surface area contributed by atoms with E-state index in [0.29, 0.717) is 23.4 Å². The summed E-state index contributed by atoms with van der Waals surface area (Å²) in [6, 6.07) is 8.71. The Bertz CT molecular complexity index is 1050. The number of carbonyl (C=O) groups excluding carboxylic acids is 4. The highest BCUT2D eigenvalue weighted by Gasteiger charge is 2.52. The van der Waals surface area contributed by atoms with Crippen molar-refractivity contribution >= 4 is 40.3 Å². The average molecular weight is 457 g/mol. The lowest BCUT2D eigenvalue weighted by Gasteiger charge is -2.19. The number of urea groups is 1. The van der Waals surface area contributed by atoms with Gasteiger partial charge in [-0.3, -0.25) is 14.5 Å². The van der Waals surface area contributed by atoms with Crippen molar-refractivity contribution in [2.45, 2.75) is 44.6 Å². The highest BCUT2D eigenvalue weighted by Crippen LogP contribution is 2.35. The number of esters is 1. The third-order valence-electron chi connectivity index (χ3n) is 5.65. The molecular weight excluding hydrogens is 432 g/mol. The summed E-state index contributed by atoms with van der Waals surface area (Å²) in [4.78, 5) is 55.7. The Morgan fingerprint density at radius 2 is 1.94 bits per heavy atom. The third-order valence-corrected chi connectivity index (χ3v) is 6.60. The Morgan fingerprint density at radius 1 is 1.22 bits per heavy atom. The number of nitrogens with zero attached hydrogens (tertiary/aromatic N) is 2. The fraction of sp³-hybridized carbons (Fsp3) is 0.409. The van der Waals surface area contributed by atoms with E-state index in [2.05, 4.69) is 15.6 Å². The lowest BCUT2D eigenvalue weighted by atomic mass is 9.98. The smallest absolute Gasteiger partial charge is 0.350 e. The Balaban J connectivity index is 1.44. The molecule has 1 aromatic carbocycles.